The maximum Gasteiger partial charge on any atom is 0.253 e. The molecule has 40 heavy (non-hydrogen) atoms. The number of nitrogens with one attached hydrogen (secondary N) is 1. The number of halogens is 4. The number of benzene rings is 2. The van der Waals surface area contributed by atoms with E-state index in [1.54, 1.807) is 37.5 Å². The van der Waals surface area contributed by atoms with Gasteiger partial charge in [-0.3, -0.25) is 4.79 Å². The highest BCUT2D eigenvalue weighted by Crippen LogP contribution is 2.40. The molecule has 2 fully saturated rings. The molecule has 0 saturated carbocycles. The number of aliphatic hydroxyl groups excluding tert-OH is 1. The van der Waals surface area contributed by atoms with Crippen LogP contribution in [0.2, 0.25) is 0 Å². The zero-order chi connectivity index (χ0) is 28.8. The first kappa shape index (κ1) is 28.3. The third-order valence-electron chi connectivity index (χ3n) is 7.74. The molecule has 1 aromatic heterocycles. The van der Waals surface area contributed by atoms with Crippen LogP contribution in [-0.2, 0) is 16.1 Å². The quantitative estimate of drug-likeness (QED) is 0.408. The summed E-state index contributed by atoms with van der Waals surface area (Å²) in [5, 5.41) is 13.8. The number of rotatable bonds is 8. The summed E-state index contributed by atoms with van der Waals surface area (Å²) in [4.78, 5) is 19.7. The van der Waals surface area contributed by atoms with Gasteiger partial charge in [-0.1, -0.05) is 12.1 Å². The topological polar surface area (TPSA) is 79.6 Å². The Hall–Kier alpha value is -3.28. The number of ether oxygens (including phenoxy) is 1. The predicted molar refractivity (Wildman–Crippen MR) is 139 cm³/mol. The summed E-state index contributed by atoms with van der Waals surface area (Å²) in [7, 11) is 0. The molecule has 2 saturated heterocycles. The third-order valence-corrected chi connectivity index (χ3v) is 7.74. The number of aromatic nitrogens is 2. The Kier molecular flexibility index (Phi) is 7.73. The molecule has 2 aromatic carbocycles. The van der Waals surface area contributed by atoms with Crippen LogP contribution in [0.1, 0.15) is 38.2 Å². The number of piperidine rings is 1. The van der Waals surface area contributed by atoms with Crippen molar-refractivity contribution in [2.45, 2.75) is 57.3 Å². The van der Waals surface area contributed by atoms with Gasteiger partial charge in [-0.25, -0.2) is 22.5 Å². The minimum Gasteiger partial charge on any atom is -0.382 e. The lowest BCUT2D eigenvalue weighted by molar-refractivity contribution is -0.163. The van der Waals surface area contributed by atoms with E-state index in [0.717, 1.165) is 18.2 Å². The maximum atomic E-state index is 14.9. The molecule has 0 bridgehead atoms. The number of hydrogen-bond donors (Lipinski definition) is 2. The Morgan fingerprint density at radius 2 is 1.93 bits per heavy atom. The van der Waals surface area contributed by atoms with E-state index in [0.29, 0.717) is 5.56 Å². The van der Waals surface area contributed by atoms with Crippen LogP contribution in [0.5, 0.6) is 0 Å². The molecule has 5 atom stereocenters. The lowest BCUT2D eigenvalue weighted by atomic mass is 9.85. The molecule has 2 aliphatic rings. The van der Waals surface area contributed by atoms with Gasteiger partial charge in [0.05, 0.1) is 11.3 Å². The number of carbonyl (C=O) groups is 1. The highest BCUT2D eigenvalue weighted by atomic mass is 19.1. The van der Waals surface area contributed by atoms with Gasteiger partial charge >= 0.3 is 0 Å². The van der Waals surface area contributed by atoms with Crippen molar-refractivity contribution in [1.82, 2.24) is 19.8 Å². The number of amides is 1. The number of carbonyl (C=O) groups excluding carboxylic acids is 1. The largest absolute Gasteiger partial charge is 0.382 e. The smallest absolute Gasteiger partial charge is 0.253 e. The van der Waals surface area contributed by atoms with Gasteiger partial charge in [-0.15, -0.1) is 0 Å². The van der Waals surface area contributed by atoms with Crippen LogP contribution >= 0.6 is 0 Å². The fraction of sp³-hybridized carbons (Fsp3) is 0.448. The van der Waals surface area contributed by atoms with E-state index >= 15 is 0 Å². The average molecular weight is 561 g/mol. The Morgan fingerprint density at radius 1 is 1.18 bits per heavy atom. The Labute approximate surface area is 229 Å². The molecule has 1 unspecified atom stereocenters. The number of alkyl halides is 1. The van der Waals surface area contributed by atoms with Crippen molar-refractivity contribution in [3.05, 3.63) is 77.5 Å². The van der Waals surface area contributed by atoms with Gasteiger partial charge in [0.25, 0.3) is 5.91 Å². The summed E-state index contributed by atoms with van der Waals surface area (Å²) >= 11 is 0. The van der Waals surface area contributed by atoms with E-state index in [1.807, 2.05) is 0 Å². The standard InChI is InChI=1S/C29H32F4N4O3/c1-4-40-29(2,3)26(37-14-20-22(33)12-34-24(20)25(38)28(37)39)27-35-23(19-11-18(31)8-9-21(19)32)15-36(27)13-16-6-5-7-17(30)10-16/h5-11,15,20,22,24-26,34,38H,4,12-14H2,1-3H3/t20-,22-,24?,25-,26-/m0/s1. The zero-order valence-electron chi connectivity index (χ0n) is 22.5. The summed E-state index contributed by atoms with van der Waals surface area (Å²) in [5.74, 6) is -2.87. The minimum absolute atomic E-state index is 0.0181. The minimum atomic E-state index is -1.49. The Bertz CT molecular complexity index is 1400. The molecule has 11 heteroatoms. The molecule has 1 amide bonds. The van der Waals surface area contributed by atoms with E-state index in [4.69, 9.17) is 4.74 Å². The second kappa shape index (κ2) is 10.9. The molecule has 2 N–H and O–H groups in total. The zero-order valence-corrected chi connectivity index (χ0v) is 22.5. The van der Waals surface area contributed by atoms with Crippen molar-refractivity contribution in [3.8, 4) is 11.3 Å². The Balaban J connectivity index is 1.68. The fourth-order valence-electron chi connectivity index (χ4n) is 5.93. The van der Waals surface area contributed by atoms with Gasteiger partial charge in [-0.2, -0.15) is 0 Å². The number of likely N-dealkylation sites (tertiary alicyclic amines) is 1. The average Bonchev–Trinajstić information content (AvgIpc) is 3.47. The van der Waals surface area contributed by atoms with Crippen LogP contribution in [0.15, 0.2) is 48.7 Å². The van der Waals surface area contributed by atoms with E-state index in [9.17, 15) is 27.5 Å². The number of nitrogens with zero attached hydrogens (tertiary/aromatic N) is 3. The first-order valence-electron chi connectivity index (χ1n) is 13.3. The summed E-state index contributed by atoms with van der Waals surface area (Å²) < 4.78 is 65.6. The molecule has 0 radical (unpaired) electrons. The summed E-state index contributed by atoms with van der Waals surface area (Å²) in [6, 6.07) is 7.23. The normalized spacial score (nSPS) is 23.9. The van der Waals surface area contributed by atoms with Gasteiger partial charge in [0, 0.05) is 50.0 Å². The fourth-order valence-corrected chi connectivity index (χ4v) is 5.93. The number of hydrogen-bond acceptors (Lipinski definition) is 5. The molecule has 3 aromatic rings. The highest BCUT2D eigenvalue weighted by Gasteiger charge is 2.53. The van der Waals surface area contributed by atoms with Crippen LogP contribution in [-0.4, -0.2) is 69.1 Å². The lowest BCUT2D eigenvalue weighted by Crippen LogP contribution is -2.62. The van der Waals surface area contributed by atoms with Crippen molar-refractivity contribution in [2.75, 3.05) is 19.7 Å². The Morgan fingerprint density at radius 3 is 2.65 bits per heavy atom. The molecular formula is C29H32F4N4O3. The van der Waals surface area contributed by atoms with Crippen LogP contribution < -0.4 is 5.32 Å². The first-order valence-corrected chi connectivity index (χ1v) is 13.3. The molecule has 214 valence electrons. The van der Waals surface area contributed by atoms with Gasteiger partial charge in [-0.05, 0) is 56.7 Å². The van der Waals surface area contributed by atoms with E-state index in [2.05, 4.69) is 10.3 Å². The van der Waals surface area contributed by atoms with E-state index in [-0.39, 0.29) is 43.3 Å². The van der Waals surface area contributed by atoms with Gasteiger partial charge in [0.15, 0.2) is 0 Å². The number of aliphatic hydroxyl groups is 1. The van der Waals surface area contributed by atoms with Crippen molar-refractivity contribution in [2.24, 2.45) is 5.92 Å². The van der Waals surface area contributed by atoms with Crippen LogP contribution in [0.3, 0.4) is 0 Å². The molecule has 5 rings (SSSR count). The van der Waals surface area contributed by atoms with Crippen molar-refractivity contribution in [3.63, 3.8) is 0 Å². The van der Waals surface area contributed by atoms with E-state index in [1.165, 1.54) is 23.2 Å². The number of fused-ring (bicyclic) bond motifs is 1. The highest BCUT2D eigenvalue weighted by molar-refractivity contribution is 5.83. The third kappa shape index (κ3) is 5.25. The monoisotopic (exact) mass is 560 g/mol. The van der Waals surface area contributed by atoms with Gasteiger partial charge in [0.1, 0.15) is 41.6 Å². The summed E-state index contributed by atoms with van der Waals surface area (Å²) in [6.07, 6.45) is -1.27. The second-order valence-corrected chi connectivity index (χ2v) is 10.9. The van der Waals surface area contributed by atoms with E-state index < -0.39 is 59.2 Å². The van der Waals surface area contributed by atoms with Crippen molar-refractivity contribution >= 4 is 5.91 Å². The van der Waals surface area contributed by atoms with Crippen molar-refractivity contribution < 1.29 is 32.2 Å². The number of imidazole rings is 1. The molecule has 2 aliphatic heterocycles. The van der Waals surface area contributed by atoms with Crippen molar-refractivity contribution in [1.29, 1.82) is 0 Å². The van der Waals surface area contributed by atoms with Crippen LogP contribution in [0, 0.1) is 23.4 Å². The maximum absolute atomic E-state index is 14.9. The molecule has 3 heterocycles. The summed E-state index contributed by atoms with van der Waals surface area (Å²) in [6.45, 7) is 5.62. The summed E-state index contributed by atoms with van der Waals surface area (Å²) in [5.41, 5.74) is -0.556. The molecule has 7 nitrogen and oxygen atoms in total. The first-order chi connectivity index (χ1) is 19.0. The second-order valence-electron chi connectivity index (χ2n) is 10.9. The van der Waals surface area contributed by atoms with Gasteiger partial charge < -0.3 is 24.6 Å². The SMILES string of the molecule is CCOC(C)(C)[C@H](c1nc(-c2cc(F)ccc2F)cn1Cc1cccc(F)c1)N1C[C@@H]2C(NC[C@@H]2F)[C@H](O)C1=O. The molecule has 0 spiro atoms. The van der Waals surface area contributed by atoms with Gasteiger partial charge in [0.2, 0.25) is 0 Å². The lowest BCUT2D eigenvalue weighted by Gasteiger charge is -2.47. The predicted octanol–water partition coefficient (Wildman–Crippen LogP) is 4.00. The van der Waals surface area contributed by atoms with Crippen LogP contribution in [0.25, 0.3) is 11.3 Å². The molecule has 0 aliphatic carbocycles. The molecular weight excluding hydrogens is 528 g/mol. The van der Waals surface area contributed by atoms with Crippen LogP contribution in [0.4, 0.5) is 17.6 Å².